The van der Waals surface area contributed by atoms with Crippen molar-refractivity contribution in [3.05, 3.63) is 36.4 Å². The molecular formula is C15H23N3O. The number of nitrogens with two attached hydrogens (primary N) is 1. The fourth-order valence-corrected chi connectivity index (χ4v) is 2.35. The quantitative estimate of drug-likeness (QED) is 0.812. The van der Waals surface area contributed by atoms with E-state index in [2.05, 4.69) is 28.5 Å². The predicted molar refractivity (Wildman–Crippen MR) is 79.8 cm³/mol. The molecule has 1 aromatic rings. The molecular weight excluding hydrogens is 238 g/mol. The molecule has 0 bridgehead atoms. The Morgan fingerprint density at radius 2 is 2.05 bits per heavy atom. The normalized spacial score (nSPS) is 16.4. The largest absolute Gasteiger partial charge is 0.497 e. The van der Waals surface area contributed by atoms with E-state index < -0.39 is 0 Å². The molecule has 1 aliphatic heterocycles. The molecule has 0 saturated carbocycles. The summed E-state index contributed by atoms with van der Waals surface area (Å²) in [6, 6.07) is 8.24. The van der Waals surface area contributed by atoms with Crippen LogP contribution in [0.1, 0.15) is 0 Å². The summed E-state index contributed by atoms with van der Waals surface area (Å²) in [5.41, 5.74) is 7.93. The number of benzene rings is 1. The van der Waals surface area contributed by atoms with Crippen LogP contribution in [0.4, 0.5) is 5.69 Å². The highest BCUT2D eigenvalue weighted by atomic mass is 16.5. The molecule has 104 valence electrons. The first-order chi connectivity index (χ1) is 9.22. The third-order valence-electron chi connectivity index (χ3n) is 3.53. The van der Waals surface area contributed by atoms with Crippen LogP contribution in [0.3, 0.4) is 0 Å². The van der Waals surface area contributed by atoms with Gasteiger partial charge >= 0.3 is 0 Å². The van der Waals surface area contributed by atoms with Crippen LogP contribution in [0, 0.1) is 0 Å². The molecule has 1 heterocycles. The smallest absolute Gasteiger partial charge is 0.120 e. The molecule has 0 aromatic heterocycles. The van der Waals surface area contributed by atoms with Crippen molar-refractivity contribution in [2.24, 2.45) is 5.73 Å². The van der Waals surface area contributed by atoms with Crippen LogP contribution in [-0.4, -0.2) is 51.3 Å². The Labute approximate surface area is 115 Å². The van der Waals surface area contributed by atoms with Crippen LogP contribution in [0.2, 0.25) is 0 Å². The fraction of sp³-hybridized carbons (Fsp3) is 0.467. The average molecular weight is 261 g/mol. The molecule has 4 nitrogen and oxygen atoms in total. The lowest BCUT2D eigenvalue weighted by Gasteiger charge is -2.36. The van der Waals surface area contributed by atoms with Crippen LogP contribution in [0.25, 0.3) is 0 Å². The molecule has 0 atom stereocenters. The minimum absolute atomic E-state index is 0.579. The molecule has 0 amide bonds. The van der Waals surface area contributed by atoms with Crippen LogP contribution < -0.4 is 15.4 Å². The van der Waals surface area contributed by atoms with Gasteiger partial charge in [-0.2, -0.15) is 0 Å². The van der Waals surface area contributed by atoms with E-state index in [0.29, 0.717) is 6.54 Å². The summed E-state index contributed by atoms with van der Waals surface area (Å²) in [5, 5.41) is 0. The Bertz CT molecular complexity index is 425. The first-order valence-electron chi connectivity index (χ1n) is 6.71. The molecule has 1 fully saturated rings. The fourth-order valence-electron chi connectivity index (χ4n) is 2.35. The molecule has 1 aromatic carbocycles. The van der Waals surface area contributed by atoms with Crippen molar-refractivity contribution in [1.29, 1.82) is 0 Å². The molecule has 0 radical (unpaired) electrons. The Kier molecular flexibility index (Phi) is 4.82. The molecule has 0 spiro atoms. The van der Waals surface area contributed by atoms with E-state index in [1.165, 1.54) is 5.69 Å². The van der Waals surface area contributed by atoms with E-state index in [9.17, 15) is 0 Å². The summed E-state index contributed by atoms with van der Waals surface area (Å²) in [5.74, 6) is 0.913. The molecule has 0 unspecified atom stereocenters. The maximum Gasteiger partial charge on any atom is 0.120 e. The Hall–Kier alpha value is -1.52. The van der Waals surface area contributed by atoms with Crippen molar-refractivity contribution in [1.82, 2.24) is 4.90 Å². The topological polar surface area (TPSA) is 41.7 Å². The zero-order chi connectivity index (χ0) is 13.7. The van der Waals surface area contributed by atoms with Crippen LogP contribution in [0.15, 0.2) is 36.4 Å². The zero-order valence-corrected chi connectivity index (χ0v) is 11.6. The zero-order valence-electron chi connectivity index (χ0n) is 11.6. The number of piperazine rings is 1. The highest BCUT2D eigenvalue weighted by Crippen LogP contribution is 2.22. The Morgan fingerprint density at radius 1 is 1.32 bits per heavy atom. The third kappa shape index (κ3) is 3.72. The monoisotopic (exact) mass is 261 g/mol. The lowest BCUT2D eigenvalue weighted by atomic mass is 10.2. The first kappa shape index (κ1) is 13.9. The summed E-state index contributed by atoms with van der Waals surface area (Å²) in [6.45, 7) is 9.64. The van der Waals surface area contributed by atoms with E-state index in [0.717, 1.165) is 44.0 Å². The van der Waals surface area contributed by atoms with E-state index in [1.54, 1.807) is 7.11 Å². The van der Waals surface area contributed by atoms with Gasteiger partial charge in [0.2, 0.25) is 0 Å². The van der Waals surface area contributed by atoms with Crippen molar-refractivity contribution in [3.8, 4) is 5.75 Å². The van der Waals surface area contributed by atoms with Crippen molar-refractivity contribution in [2.75, 3.05) is 51.3 Å². The van der Waals surface area contributed by atoms with Crippen LogP contribution >= 0.6 is 0 Å². The highest BCUT2D eigenvalue weighted by molar-refractivity contribution is 5.51. The maximum absolute atomic E-state index is 5.59. The molecule has 1 aliphatic rings. The predicted octanol–water partition coefficient (Wildman–Crippen LogP) is 1.33. The van der Waals surface area contributed by atoms with Crippen molar-refractivity contribution in [2.45, 2.75) is 0 Å². The average Bonchev–Trinajstić information content (AvgIpc) is 2.48. The van der Waals surface area contributed by atoms with E-state index in [1.807, 2.05) is 12.1 Å². The summed E-state index contributed by atoms with van der Waals surface area (Å²) in [4.78, 5) is 4.80. The second kappa shape index (κ2) is 6.59. The van der Waals surface area contributed by atoms with E-state index in [4.69, 9.17) is 10.5 Å². The molecule has 0 aliphatic carbocycles. The Morgan fingerprint density at radius 3 is 2.68 bits per heavy atom. The summed E-state index contributed by atoms with van der Waals surface area (Å²) >= 11 is 0. The SMILES string of the molecule is C=C(CN)CN1CCN(c2cccc(OC)c2)CC1. The maximum atomic E-state index is 5.59. The van der Waals surface area contributed by atoms with Crippen molar-refractivity contribution < 1.29 is 4.74 Å². The Balaban J connectivity index is 1.90. The van der Waals surface area contributed by atoms with Gasteiger partial charge in [0.25, 0.3) is 0 Å². The summed E-state index contributed by atoms with van der Waals surface area (Å²) in [6.07, 6.45) is 0. The summed E-state index contributed by atoms with van der Waals surface area (Å²) in [7, 11) is 1.70. The van der Waals surface area contributed by atoms with Gasteiger partial charge < -0.3 is 15.4 Å². The van der Waals surface area contributed by atoms with Crippen LogP contribution in [-0.2, 0) is 0 Å². The minimum Gasteiger partial charge on any atom is -0.497 e. The number of rotatable bonds is 5. The van der Waals surface area contributed by atoms with Crippen molar-refractivity contribution >= 4 is 5.69 Å². The van der Waals surface area contributed by atoms with E-state index >= 15 is 0 Å². The minimum atomic E-state index is 0.579. The van der Waals surface area contributed by atoms with Gasteiger partial charge in [0.05, 0.1) is 7.11 Å². The van der Waals surface area contributed by atoms with Gasteiger partial charge in [0.15, 0.2) is 0 Å². The van der Waals surface area contributed by atoms with Gasteiger partial charge in [0, 0.05) is 51.0 Å². The molecule has 4 heteroatoms. The standard InChI is InChI=1S/C15H23N3O/c1-13(11-16)12-17-6-8-18(9-7-17)14-4-3-5-15(10-14)19-2/h3-5,10H,1,6-9,11-12,16H2,2H3. The molecule has 2 N–H and O–H groups in total. The van der Waals surface area contributed by atoms with Gasteiger partial charge in [-0.3, -0.25) is 4.90 Å². The van der Waals surface area contributed by atoms with Gasteiger partial charge in [-0.15, -0.1) is 0 Å². The molecule has 1 saturated heterocycles. The number of anilines is 1. The van der Waals surface area contributed by atoms with Gasteiger partial charge in [0.1, 0.15) is 5.75 Å². The van der Waals surface area contributed by atoms with E-state index in [-0.39, 0.29) is 0 Å². The number of methoxy groups -OCH3 is 1. The second-order valence-corrected chi connectivity index (χ2v) is 4.92. The number of nitrogens with zero attached hydrogens (tertiary/aromatic N) is 2. The molecule has 2 rings (SSSR count). The lowest BCUT2D eigenvalue weighted by molar-refractivity contribution is 0.277. The number of hydrogen-bond donors (Lipinski definition) is 1. The summed E-state index contributed by atoms with van der Waals surface area (Å²) < 4.78 is 5.27. The van der Waals surface area contributed by atoms with Gasteiger partial charge in [-0.1, -0.05) is 12.6 Å². The number of ether oxygens (including phenoxy) is 1. The molecule has 19 heavy (non-hydrogen) atoms. The third-order valence-corrected chi connectivity index (χ3v) is 3.53. The number of hydrogen-bond acceptors (Lipinski definition) is 4. The van der Waals surface area contributed by atoms with Gasteiger partial charge in [-0.25, -0.2) is 0 Å². The van der Waals surface area contributed by atoms with Crippen LogP contribution in [0.5, 0.6) is 5.75 Å². The second-order valence-electron chi connectivity index (χ2n) is 4.92. The van der Waals surface area contributed by atoms with Gasteiger partial charge in [-0.05, 0) is 17.7 Å². The van der Waals surface area contributed by atoms with Crippen molar-refractivity contribution in [3.63, 3.8) is 0 Å². The highest BCUT2D eigenvalue weighted by Gasteiger charge is 2.17. The lowest BCUT2D eigenvalue weighted by Crippen LogP contribution is -2.47. The first-order valence-corrected chi connectivity index (χ1v) is 6.71.